The van der Waals surface area contributed by atoms with Gasteiger partial charge in [0.05, 0.1) is 5.56 Å². The summed E-state index contributed by atoms with van der Waals surface area (Å²) in [6, 6.07) is 6.49. The van der Waals surface area contributed by atoms with Gasteiger partial charge in [-0.25, -0.2) is 0 Å². The maximum atomic E-state index is 11.9. The summed E-state index contributed by atoms with van der Waals surface area (Å²) in [5, 5.41) is 18.7. The molecule has 0 aliphatic rings. The van der Waals surface area contributed by atoms with Gasteiger partial charge >= 0.3 is 0 Å². The highest BCUT2D eigenvalue weighted by atomic mass is 127. The molecule has 1 amide bonds. The fourth-order valence-corrected chi connectivity index (χ4v) is 1.89. The van der Waals surface area contributed by atoms with Crippen molar-refractivity contribution < 1.29 is 9.90 Å². The van der Waals surface area contributed by atoms with Crippen molar-refractivity contribution in [2.45, 2.75) is 27.2 Å². The maximum Gasteiger partial charge on any atom is 0.255 e. The Bertz CT molecular complexity index is 521. The van der Waals surface area contributed by atoms with Crippen LogP contribution in [0.3, 0.4) is 0 Å². The van der Waals surface area contributed by atoms with Gasteiger partial charge in [-0.1, -0.05) is 26.0 Å². The number of rotatable bonds is 8. The van der Waals surface area contributed by atoms with Crippen molar-refractivity contribution in [1.29, 1.82) is 0 Å². The number of hydrogen-bond acceptors (Lipinski definition) is 3. The Hall–Kier alpha value is -1.51. The van der Waals surface area contributed by atoms with Crippen molar-refractivity contribution in [2.24, 2.45) is 10.9 Å². The number of carbonyl (C=O) groups excluding carboxylic acids is 1. The van der Waals surface area contributed by atoms with Gasteiger partial charge in [-0.2, -0.15) is 0 Å². The van der Waals surface area contributed by atoms with Gasteiger partial charge in [0.25, 0.3) is 5.91 Å². The van der Waals surface area contributed by atoms with E-state index in [0.717, 1.165) is 25.5 Å². The van der Waals surface area contributed by atoms with E-state index in [1.807, 2.05) is 6.92 Å². The van der Waals surface area contributed by atoms with Gasteiger partial charge in [-0.3, -0.25) is 9.79 Å². The Morgan fingerprint density at radius 3 is 2.46 bits per heavy atom. The van der Waals surface area contributed by atoms with Gasteiger partial charge in [0.2, 0.25) is 0 Å². The lowest BCUT2D eigenvalue weighted by molar-refractivity contribution is 0.0951. The number of halogens is 1. The molecule has 0 radical (unpaired) electrons. The Balaban J connectivity index is 0.00000529. The van der Waals surface area contributed by atoms with Gasteiger partial charge in [-0.05, 0) is 31.4 Å². The Kier molecular flexibility index (Phi) is 12.0. The summed E-state index contributed by atoms with van der Waals surface area (Å²) >= 11 is 0. The van der Waals surface area contributed by atoms with Crippen molar-refractivity contribution >= 4 is 35.8 Å². The third-order valence-electron chi connectivity index (χ3n) is 3.17. The molecule has 0 bridgehead atoms. The molecule has 0 saturated carbocycles. The van der Waals surface area contributed by atoms with Gasteiger partial charge in [0.1, 0.15) is 5.75 Å². The number of aromatic hydroxyl groups is 1. The monoisotopic (exact) mass is 448 g/mol. The minimum Gasteiger partial charge on any atom is -0.507 e. The lowest BCUT2D eigenvalue weighted by Crippen LogP contribution is -2.41. The number of hydrogen-bond donors (Lipinski definition) is 4. The van der Waals surface area contributed by atoms with Crippen molar-refractivity contribution in [3.63, 3.8) is 0 Å². The number of amides is 1. The number of aliphatic imine (C=N–C) groups is 1. The number of carbonyl (C=O) groups is 1. The van der Waals surface area contributed by atoms with Gasteiger partial charge in [-0.15, -0.1) is 24.0 Å². The summed E-state index contributed by atoms with van der Waals surface area (Å²) in [7, 11) is 0. The number of phenols is 1. The molecule has 24 heavy (non-hydrogen) atoms. The number of nitrogens with zero attached hydrogens (tertiary/aromatic N) is 1. The molecule has 4 N–H and O–H groups in total. The minimum atomic E-state index is -0.286. The predicted molar refractivity (Wildman–Crippen MR) is 109 cm³/mol. The molecule has 0 saturated heterocycles. The van der Waals surface area contributed by atoms with E-state index in [9.17, 15) is 9.90 Å². The molecule has 136 valence electrons. The second-order valence-corrected chi connectivity index (χ2v) is 5.64. The normalized spacial score (nSPS) is 10.9. The highest BCUT2D eigenvalue weighted by Crippen LogP contribution is 2.14. The minimum absolute atomic E-state index is 0. The Labute approximate surface area is 161 Å². The third-order valence-corrected chi connectivity index (χ3v) is 3.17. The number of guanidine groups is 1. The number of benzene rings is 1. The predicted octanol–water partition coefficient (Wildman–Crippen LogP) is 2.34. The average molecular weight is 448 g/mol. The third kappa shape index (κ3) is 8.95. The van der Waals surface area contributed by atoms with Crippen LogP contribution in [0.25, 0.3) is 0 Å². The highest BCUT2D eigenvalue weighted by Gasteiger charge is 2.09. The molecule has 0 aromatic heterocycles. The molecule has 0 heterocycles. The summed E-state index contributed by atoms with van der Waals surface area (Å²) in [6.45, 7) is 8.93. The lowest BCUT2D eigenvalue weighted by Gasteiger charge is -2.12. The van der Waals surface area contributed by atoms with Crippen molar-refractivity contribution in [3.8, 4) is 5.75 Å². The Morgan fingerprint density at radius 2 is 1.83 bits per heavy atom. The zero-order valence-electron chi connectivity index (χ0n) is 14.6. The average Bonchev–Trinajstić information content (AvgIpc) is 2.51. The van der Waals surface area contributed by atoms with E-state index in [1.165, 1.54) is 6.07 Å². The van der Waals surface area contributed by atoms with Gasteiger partial charge in [0, 0.05) is 26.2 Å². The molecule has 1 aromatic rings. The van der Waals surface area contributed by atoms with Crippen LogP contribution in [0.1, 0.15) is 37.6 Å². The first-order chi connectivity index (χ1) is 11.0. The van der Waals surface area contributed by atoms with Gasteiger partial charge < -0.3 is 21.1 Å². The summed E-state index contributed by atoms with van der Waals surface area (Å²) in [5.74, 6) is 1.08. The standard InChI is InChI=1S/C17H28N4O2.HI/c1-4-18-17(20-10-9-13(2)3)21-12-11-19-16(23)14-7-5-6-8-15(14)22;/h5-8,13,22H,4,9-12H2,1-3H3,(H,19,23)(H2,18,20,21);1H. The smallest absolute Gasteiger partial charge is 0.255 e. The van der Waals surface area contributed by atoms with E-state index in [-0.39, 0.29) is 41.2 Å². The first kappa shape index (κ1) is 22.5. The van der Waals surface area contributed by atoms with Crippen molar-refractivity contribution in [1.82, 2.24) is 16.0 Å². The van der Waals surface area contributed by atoms with Gasteiger partial charge in [0.15, 0.2) is 5.96 Å². The van der Waals surface area contributed by atoms with Crippen LogP contribution in [0.2, 0.25) is 0 Å². The van der Waals surface area contributed by atoms with Crippen molar-refractivity contribution in [2.75, 3.05) is 26.2 Å². The van der Waals surface area contributed by atoms with Crippen LogP contribution in [0.5, 0.6) is 5.75 Å². The molecule has 1 rings (SSSR count). The number of phenolic OH excluding ortho intramolecular Hbond substituents is 1. The Morgan fingerprint density at radius 1 is 1.17 bits per heavy atom. The maximum absolute atomic E-state index is 11.9. The molecule has 0 aliphatic carbocycles. The zero-order valence-corrected chi connectivity index (χ0v) is 17.0. The molecule has 0 atom stereocenters. The van der Waals surface area contributed by atoms with E-state index < -0.39 is 0 Å². The van der Waals surface area contributed by atoms with E-state index in [0.29, 0.717) is 19.0 Å². The number of nitrogens with one attached hydrogen (secondary N) is 3. The van der Waals surface area contributed by atoms with E-state index in [4.69, 9.17) is 0 Å². The summed E-state index contributed by atoms with van der Waals surface area (Å²) in [4.78, 5) is 16.4. The van der Waals surface area contributed by atoms with Crippen LogP contribution in [-0.2, 0) is 0 Å². The van der Waals surface area contributed by atoms with E-state index in [1.54, 1.807) is 18.2 Å². The van der Waals surface area contributed by atoms with E-state index >= 15 is 0 Å². The molecule has 7 heteroatoms. The van der Waals surface area contributed by atoms with Crippen molar-refractivity contribution in [3.05, 3.63) is 29.8 Å². The summed E-state index contributed by atoms with van der Waals surface area (Å²) in [6.07, 6.45) is 1.04. The second-order valence-electron chi connectivity index (χ2n) is 5.64. The van der Waals surface area contributed by atoms with Crippen LogP contribution >= 0.6 is 24.0 Å². The first-order valence-corrected chi connectivity index (χ1v) is 8.13. The number of para-hydroxylation sites is 1. The van der Waals surface area contributed by atoms with Crippen LogP contribution in [-0.4, -0.2) is 43.2 Å². The highest BCUT2D eigenvalue weighted by molar-refractivity contribution is 14.0. The van der Waals surface area contributed by atoms with Crippen LogP contribution in [0.15, 0.2) is 29.3 Å². The molecule has 1 aromatic carbocycles. The lowest BCUT2D eigenvalue weighted by atomic mass is 10.1. The molecule has 0 unspecified atom stereocenters. The largest absolute Gasteiger partial charge is 0.507 e. The second kappa shape index (κ2) is 12.9. The quantitative estimate of drug-likeness (QED) is 0.213. The van der Waals surface area contributed by atoms with E-state index in [2.05, 4.69) is 34.8 Å². The molecule has 0 spiro atoms. The van der Waals surface area contributed by atoms with Crippen LogP contribution in [0.4, 0.5) is 0 Å². The SMILES string of the molecule is CCNC(=NCCC(C)C)NCCNC(=O)c1ccccc1O.I. The fraction of sp³-hybridized carbons (Fsp3) is 0.529. The summed E-state index contributed by atoms with van der Waals surface area (Å²) in [5.41, 5.74) is 0.282. The molecule has 0 fully saturated rings. The molecular weight excluding hydrogens is 419 g/mol. The summed E-state index contributed by atoms with van der Waals surface area (Å²) < 4.78 is 0. The zero-order chi connectivity index (χ0) is 17.1. The first-order valence-electron chi connectivity index (χ1n) is 8.13. The molecular formula is C17H29IN4O2. The topological polar surface area (TPSA) is 85.8 Å². The molecule has 0 aliphatic heterocycles. The fourth-order valence-electron chi connectivity index (χ4n) is 1.89. The van der Waals surface area contributed by atoms with Crippen LogP contribution < -0.4 is 16.0 Å². The molecule has 6 nitrogen and oxygen atoms in total. The van der Waals surface area contributed by atoms with Crippen LogP contribution in [0, 0.1) is 5.92 Å².